The molecular formula is C14H25N5O. The Morgan fingerprint density at radius 2 is 2.00 bits per heavy atom. The number of nitrogens with zero attached hydrogens (tertiary/aromatic N) is 4. The van der Waals surface area contributed by atoms with Crippen molar-refractivity contribution in [2.24, 2.45) is 10.9 Å². The average Bonchev–Trinajstić information content (AvgIpc) is 2.37. The minimum absolute atomic E-state index is 0.227. The van der Waals surface area contributed by atoms with Gasteiger partial charge >= 0.3 is 0 Å². The Kier molecular flexibility index (Phi) is 5.73. The summed E-state index contributed by atoms with van der Waals surface area (Å²) in [6.07, 6.45) is 0.495. The van der Waals surface area contributed by atoms with Gasteiger partial charge in [0.25, 0.3) is 0 Å². The van der Waals surface area contributed by atoms with E-state index in [2.05, 4.69) is 47.7 Å². The van der Waals surface area contributed by atoms with Gasteiger partial charge in [0.1, 0.15) is 17.5 Å². The maximum Gasteiger partial charge on any atom is 0.140 e. The van der Waals surface area contributed by atoms with Crippen LogP contribution in [0.3, 0.4) is 0 Å². The molecule has 0 spiro atoms. The first-order valence-corrected chi connectivity index (χ1v) is 6.93. The molecule has 6 heteroatoms. The fraction of sp³-hybridized carbons (Fsp3) is 0.643. The van der Waals surface area contributed by atoms with Crippen molar-refractivity contribution < 1.29 is 5.21 Å². The molecule has 6 nitrogen and oxygen atoms in total. The molecule has 20 heavy (non-hydrogen) atoms. The van der Waals surface area contributed by atoms with Gasteiger partial charge in [0.2, 0.25) is 0 Å². The number of amidine groups is 1. The third-order valence-corrected chi connectivity index (χ3v) is 3.03. The molecule has 1 aromatic rings. The molecule has 0 bridgehead atoms. The second kappa shape index (κ2) is 7.07. The van der Waals surface area contributed by atoms with E-state index in [0.717, 1.165) is 17.3 Å². The monoisotopic (exact) mass is 279 g/mol. The van der Waals surface area contributed by atoms with Crippen LogP contribution in [0.2, 0.25) is 0 Å². The van der Waals surface area contributed by atoms with E-state index in [1.807, 2.05) is 13.0 Å². The number of aryl methyl sites for hydroxylation is 1. The topological polar surface area (TPSA) is 87.6 Å². The maximum atomic E-state index is 8.64. The molecule has 0 amide bonds. The van der Waals surface area contributed by atoms with Crippen molar-refractivity contribution in [3.05, 3.63) is 17.6 Å². The number of oxime groups is 1. The van der Waals surface area contributed by atoms with Crippen LogP contribution in [0.25, 0.3) is 0 Å². The number of anilines is 1. The summed E-state index contributed by atoms with van der Waals surface area (Å²) >= 11 is 0. The third kappa shape index (κ3) is 4.36. The van der Waals surface area contributed by atoms with Crippen molar-refractivity contribution in [1.29, 1.82) is 0 Å². The van der Waals surface area contributed by atoms with E-state index >= 15 is 0 Å². The van der Waals surface area contributed by atoms with Gasteiger partial charge in [0.05, 0.1) is 0 Å². The second-order valence-electron chi connectivity index (χ2n) is 5.51. The maximum absolute atomic E-state index is 8.64. The number of hydrogen-bond donors (Lipinski definition) is 2. The van der Waals surface area contributed by atoms with Gasteiger partial charge in [0.15, 0.2) is 0 Å². The lowest BCUT2D eigenvalue weighted by Gasteiger charge is -2.28. The normalized spacial score (nSPS) is 12.2. The van der Waals surface area contributed by atoms with Crippen LogP contribution in [0.4, 0.5) is 5.82 Å². The molecular weight excluding hydrogens is 254 g/mol. The van der Waals surface area contributed by atoms with Gasteiger partial charge in [-0.05, 0) is 20.8 Å². The van der Waals surface area contributed by atoms with Gasteiger partial charge in [0, 0.05) is 36.7 Å². The summed E-state index contributed by atoms with van der Waals surface area (Å²) in [6, 6.07) is 2.24. The molecule has 0 aliphatic rings. The highest BCUT2D eigenvalue weighted by molar-refractivity contribution is 5.80. The first-order chi connectivity index (χ1) is 9.35. The lowest BCUT2D eigenvalue weighted by molar-refractivity contribution is 0.317. The van der Waals surface area contributed by atoms with E-state index in [0.29, 0.717) is 13.0 Å². The average molecular weight is 279 g/mol. The number of hydrogen-bond acceptors (Lipinski definition) is 5. The van der Waals surface area contributed by atoms with E-state index in [9.17, 15) is 0 Å². The largest absolute Gasteiger partial charge is 0.409 e. The van der Waals surface area contributed by atoms with Crippen molar-refractivity contribution in [3.63, 3.8) is 0 Å². The third-order valence-electron chi connectivity index (χ3n) is 3.03. The summed E-state index contributed by atoms with van der Waals surface area (Å²) in [5, 5.41) is 11.6. The minimum atomic E-state index is 0.227. The molecule has 0 radical (unpaired) electrons. The second-order valence-corrected chi connectivity index (χ2v) is 5.51. The minimum Gasteiger partial charge on any atom is -0.409 e. The standard InChI is InChI=1S/C14H25N5O/c1-9(2)14-16-11(5)8-13(17-14)19(10(3)4)7-6-12(15)18-20/h8-10,20H,6-7H2,1-5H3,(H2,15,18). The molecule has 0 fully saturated rings. The smallest absolute Gasteiger partial charge is 0.140 e. The van der Waals surface area contributed by atoms with Crippen LogP contribution in [0, 0.1) is 6.92 Å². The van der Waals surface area contributed by atoms with Crippen LogP contribution in [0.5, 0.6) is 0 Å². The van der Waals surface area contributed by atoms with Crippen molar-refractivity contribution >= 4 is 11.7 Å². The summed E-state index contributed by atoms with van der Waals surface area (Å²) in [5.41, 5.74) is 6.50. The van der Waals surface area contributed by atoms with E-state index in [1.54, 1.807) is 0 Å². The van der Waals surface area contributed by atoms with Crippen molar-refractivity contribution in [2.45, 2.75) is 53.0 Å². The number of aromatic nitrogens is 2. The van der Waals surface area contributed by atoms with Gasteiger partial charge in [-0.3, -0.25) is 0 Å². The van der Waals surface area contributed by atoms with Gasteiger partial charge in [-0.25, -0.2) is 9.97 Å². The fourth-order valence-electron chi connectivity index (χ4n) is 1.90. The van der Waals surface area contributed by atoms with Gasteiger partial charge in [-0.15, -0.1) is 0 Å². The van der Waals surface area contributed by atoms with Crippen molar-refractivity contribution in [3.8, 4) is 0 Å². The number of nitrogens with two attached hydrogens (primary N) is 1. The molecule has 0 aliphatic carbocycles. The molecule has 0 saturated heterocycles. The molecule has 0 aromatic carbocycles. The zero-order valence-corrected chi connectivity index (χ0v) is 13.0. The van der Waals surface area contributed by atoms with Crippen LogP contribution in [-0.4, -0.2) is 33.6 Å². The molecule has 1 aromatic heterocycles. The van der Waals surface area contributed by atoms with Crippen LogP contribution >= 0.6 is 0 Å². The fourth-order valence-corrected chi connectivity index (χ4v) is 1.90. The highest BCUT2D eigenvalue weighted by Gasteiger charge is 2.15. The summed E-state index contributed by atoms with van der Waals surface area (Å²) < 4.78 is 0. The van der Waals surface area contributed by atoms with Crippen molar-refractivity contribution in [2.75, 3.05) is 11.4 Å². The van der Waals surface area contributed by atoms with E-state index in [1.165, 1.54) is 0 Å². The Bertz CT molecular complexity index is 471. The number of rotatable bonds is 6. The first-order valence-electron chi connectivity index (χ1n) is 6.93. The quantitative estimate of drug-likeness (QED) is 0.361. The predicted octanol–water partition coefficient (Wildman–Crippen LogP) is 2.26. The summed E-state index contributed by atoms with van der Waals surface area (Å²) in [7, 11) is 0. The zero-order chi connectivity index (χ0) is 15.3. The first kappa shape index (κ1) is 16.2. The van der Waals surface area contributed by atoms with E-state index in [4.69, 9.17) is 10.9 Å². The Labute approximate surface area is 120 Å². The molecule has 1 rings (SSSR count). The molecule has 0 unspecified atom stereocenters. The molecule has 3 N–H and O–H groups in total. The molecule has 0 aliphatic heterocycles. The highest BCUT2D eigenvalue weighted by atomic mass is 16.4. The SMILES string of the molecule is Cc1cc(N(CCC(N)=NO)C(C)C)nc(C(C)C)n1. The van der Waals surface area contributed by atoms with Crippen molar-refractivity contribution in [1.82, 2.24) is 9.97 Å². The highest BCUT2D eigenvalue weighted by Crippen LogP contribution is 2.19. The molecule has 1 heterocycles. The van der Waals surface area contributed by atoms with Crippen LogP contribution in [0.15, 0.2) is 11.2 Å². The van der Waals surface area contributed by atoms with Crippen LogP contribution in [-0.2, 0) is 0 Å². The Balaban J connectivity index is 3.02. The van der Waals surface area contributed by atoms with Crippen LogP contribution in [0.1, 0.15) is 51.6 Å². The summed E-state index contributed by atoms with van der Waals surface area (Å²) in [5.74, 6) is 2.24. The Morgan fingerprint density at radius 1 is 1.35 bits per heavy atom. The summed E-state index contributed by atoms with van der Waals surface area (Å²) in [4.78, 5) is 11.2. The predicted molar refractivity (Wildman–Crippen MR) is 81.4 cm³/mol. The zero-order valence-electron chi connectivity index (χ0n) is 13.0. The summed E-state index contributed by atoms with van der Waals surface area (Å²) in [6.45, 7) is 11.0. The molecule has 112 valence electrons. The Morgan fingerprint density at radius 3 is 2.50 bits per heavy atom. The van der Waals surface area contributed by atoms with E-state index < -0.39 is 0 Å². The van der Waals surface area contributed by atoms with Crippen LogP contribution < -0.4 is 10.6 Å². The lowest BCUT2D eigenvalue weighted by Crippen LogP contribution is -2.35. The molecule has 0 atom stereocenters. The van der Waals surface area contributed by atoms with Gasteiger partial charge in [-0.2, -0.15) is 0 Å². The molecule has 0 saturated carbocycles. The van der Waals surface area contributed by atoms with Gasteiger partial charge < -0.3 is 15.8 Å². The lowest BCUT2D eigenvalue weighted by atomic mass is 10.2. The van der Waals surface area contributed by atoms with Gasteiger partial charge in [-0.1, -0.05) is 19.0 Å². The van der Waals surface area contributed by atoms with E-state index in [-0.39, 0.29) is 17.8 Å². The Hall–Kier alpha value is -1.85.